The van der Waals surface area contributed by atoms with Gasteiger partial charge in [0, 0.05) is 6.42 Å². The molecule has 0 saturated heterocycles. The van der Waals surface area contributed by atoms with Crippen LogP contribution in [0.1, 0.15) is 38.5 Å². The van der Waals surface area contributed by atoms with Crippen molar-refractivity contribution in [3.8, 4) is 0 Å². The molecule has 2 aliphatic carbocycles. The predicted octanol–water partition coefficient (Wildman–Crippen LogP) is 0.771. The molecular weight excluding hydrogens is 164 g/mol. The number of carbonyl (C=O) groups excluding carboxylic acids is 1. The smallest absolute Gasteiger partial charge is 0.218 e. The standard InChI is InChI=1S/C10H18N2O/c11-7-10(6-8(12)13)3-1-2-9(10)4-5-9/h1-7,11H2,(H2,12,13). The maximum absolute atomic E-state index is 11.0. The Morgan fingerprint density at radius 3 is 2.38 bits per heavy atom. The van der Waals surface area contributed by atoms with Crippen molar-refractivity contribution in [1.82, 2.24) is 0 Å². The van der Waals surface area contributed by atoms with Crippen LogP contribution in [-0.2, 0) is 4.79 Å². The van der Waals surface area contributed by atoms with Crippen LogP contribution in [0.3, 0.4) is 0 Å². The normalized spacial score (nSPS) is 35.2. The summed E-state index contributed by atoms with van der Waals surface area (Å²) in [5.74, 6) is -0.182. The van der Waals surface area contributed by atoms with Crippen LogP contribution in [-0.4, -0.2) is 12.5 Å². The molecule has 0 aromatic rings. The van der Waals surface area contributed by atoms with E-state index < -0.39 is 0 Å². The minimum atomic E-state index is -0.182. The zero-order valence-electron chi connectivity index (χ0n) is 8.01. The molecule has 2 saturated carbocycles. The molecule has 0 heterocycles. The molecule has 74 valence electrons. The van der Waals surface area contributed by atoms with E-state index in [2.05, 4.69) is 0 Å². The summed E-state index contributed by atoms with van der Waals surface area (Å²) in [6, 6.07) is 0. The number of hydrogen-bond acceptors (Lipinski definition) is 2. The van der Waals surface area contributed by atoms with Gasteiger partial charge in [-0.3, -0.25) is 4.79 Å². The van der Waals surface area contributed by atoms with Crippen molar-refractivity contribution in [3.05, 3.63) is 0 Å². The first-order valence-corrected chi connectivity index (χ1v) is 5.13. The number of primary amides is 1. The van der Waals surface area contributed by atoms with Crippen LogP contribution < -0.4 is 11.5 Å². The lowest BCUT2D eigenvalue weighted by molar-refractivity contribution is -0.121. The van der Waals surface area contributed by atoms with Gasteiger partial charge in [0.25, 0.3) is 0 Å². The molecule has 13 heavy (non-hydrogen) atoms. The van der Waals surface area contributed by atoms with Crippen molar-refractivity contribution >= 4 is 5.91 Å². The summed E-state index contributed by atoms with van der Waals surface area (Å²) in [7, 11) is 0. The van der Waals surface area contributed by atoms with Crippen molar-refractivity contribution in [2.45, 2.75) is 38.5 Å². The Kier molecular flexibility index (Phi) is 1.88. The molecule has 4 N–H and O–H groups in total. The number of carbonyl (C=O) groups is 1. The monoisotopic (exact) mass is 182 g/mol. The van der Waals surface area contributed by atoms with E-state index in [1.54, 1.807) is 0 Å². The van der Waals surface area contributed by atoms with E-state index in [0.717, 1.165) is 6.42 Å². The summed E-state index contributed by atoms with van der Waals surface area (Å²) in [6.45, 7) is 0.635. The quantitative estimate of drug-likeness (QED) is 0.677. The van der Waals surface area contributed by atoms with Gasteiger partial charge in [-0.1, -0.05) is 6.42 Å². The predicted molar refractivity (Wildman–Crippen MR) is 50.8 cm³/mol. The molecule has 3 heteroatoms. The third-order valence-electron chi connectivity index (χ3n) is 4.19. The Morgan fingerprint density at radius 1 is 1.23 bits per heavy atom. The third-order valence-corrected chi connectivity index (χ3v) is 4.19. The summed E-state index contributed by atoms with van der Waals surface area (Å²) in [4.78, 5) is 11.0. The van der Waals surface area contributed by atoms with Crippen LogP contribution in [0.4, 0.5) is 0 Å². The molecule has 0 aromatic heterocycles. The van der Waals surface area contributed by atoms with Gasteiger partial charge in [0.2, 0.25) is 5.91 Å². The third kappa shape index (κ3) is 1.17. The van der Waals surface area contributed by atoms with E-state index in [1.165, 1.54) is 25.7 Å². The molecule has 1 spiro atoms. The maximum atomic E-state index is 11.0. The van der Waals surface area contributed by atoms with E-state index in [1.807, 2.05) is 0 Å². The van der Waals surface area contributed by atoms with Gasteiger partial charge in [-0.25, -0.2) is 0 Å². The van der Waals surface area contributed by atoms with Crippen molar-refractivity contribution in [1.29, 1.82) is 0 Å². The summed E-state index contributed by atoms with van der Waals surface area (Å²) < 4.78 is 0. The lowest BCUT2D eigenvalue weighted by Gasteiger charge is -2.33. The molecule has 2 rings (SSSR count). The van der Waals surface area contributed by atoms with Crippen molar-refractivity contribution in [2.24, 2.45) is 22.3 Å². The average molecular weight is 182 g/mol. The number of rotatable bonds is 3. The fourth-order valence-corrected chi connectivity index (χ4v) is 3.23. The first kappa shape index (κ1) is 9.00. The summed E-state index contributed by atoms with van der Waals surface area (Å²) in [5.41, 5.74) is 11.6. The van der Waals surface area contributed by atoms with Gasteiger partial charge in [-0.15, -0.1) is 0 Å². The summed E-state index contributed by atoms with van der Waals surface area (Å²) in [6.07, 6.45) is 6.62. The van der Waals surface area contributed by atoms with E-state index in [-0.39, 0.29) is 11.3 Å². The Morgan fingerprint density at radius 2 is 1.92 bits per heavy atom. The molecule has 3 nitrogen and oxygen atoms in total. The summed E-state index contributed by atoms with van der Waals surface area (Å²) in [5, 5.41) is 0. The molecule has 2 fully saturated rings. The first-order valence-electron chi connectivity index (χ1n) is 5.13. The fourth-order valence-electron chi connectivity index (χ4n) is 3.23. The molecule has 1 atom stereocenters. The van der Waals surface area contributed by atoms with E-state index in [9.17, 15) is 4.79 Å². The Hall–Kier alpha value is -0.570. The molecule has 0 bridgehead atoms. The highest BCUT2D eigenvalue weighted by atomic mass is 16.1. The van der Waals surface area contributed by atoms with Crippen LogP contribution in [0, 0.1) is 10.8 Å². The van der Waals surface area contributed by atoms with E-state index in [4.69, 9.17) is 11.5 Å². The van der Waals surface area contributed by atoms with Gasteiger partial charge in [0.15, 0.2) is 0 Å². The molecular formula is C10H18N2O. The van der Waals surface area contributed by atoms with Crippen LogP contribution in [0.15, 0.2) is 0 Å². The largest absolute Gasteiger partial charge is 0.370 e. The van der Waals surface area contributed by atoms with Gasteiger partial charge in [0.1, 0.15) is 0 Å². The highest BCUT2D eigenvalue weighted by Crippen LogP contribution is 2.68. The van der Waals surface area contributed by atoms with Crippen LogP contribution >= 0.6 is 0 Å². The SMILES string of the molecule is NCC1(CC(N)=O)CCCC12CC2. The fraction of sp³-hybridized carbons (Fsp3) is 0.900. The number of amides is 1. The second-order valence-electron chi connectivity index (χ2n) is 4.76. The number of nitrogens with two attached hydrogens (primary N) is 2. The molecule has 0 aromatic carbocycles. The van der Waals surface area contributed by atoms with E-state index in [0.29, 0.717) is 18.4 Å². The molecule has 2 aliphatic rings. The number of hydrogen-bond donors (Lipinski definition) is 2. The van der Waals surface area contributed by atoms with E-state index >= 15 is 0 Å². The van der Waals surface area contributed by atoms with Gasteiger partial charge < -0.3 is 11.5 Å². The highest BCUT2D eigenvalue weighted by Gasteiger charge is 2.60. The molecule has 0 radical (unpaired) electrons. The van der Waals surface area contributed by atoms with Crippen molar-refractivity contribution in [2.75, 3.05) is 6.54 Å². The van der Waals surface area contributed by atoms with Gasteiger partial charge in [-0.05, 0) is 43.1 Å². The second kappa shape index (κ2) is 2.71. The first-order chi connectivity index (χ1) is 6.14. The van der Waals surface area contributed by atoms with Gasteiger partial charge >= 0.3 is 0 Å². The lowest BCUT2D eigenvalue weighted by Crippen LogP contribution is -2.39. The minimum absolute atomic E-state index is 0.0683. The molecule has 1 amide bonds. The zero-order chi connectivity index (χ0) is 9.53. The molecule has 1 unspecified atom stereocenters. The topological polar surface area (TPSA) is 69.1 Å². The second-order valence-corrected chi connectivity index (χ2v) is 4.76. The Bertz CT molecular complexity index is 235. The van der Waals surface area contributed by atoms with Gasteiger partial charge in [-0.2, -0.15) is 0 Å². The zero-order valence-corrected chi connectivity index (χ0v) is 8.01. The average Bonchev–Trinajstić information content (AvgIpc) is 2.74. The van der Waals surface area contributed by atoms with Crippen molar-refractivity contribution < 1.29 is 4.79 Å². The van der Waals surface area contributed by atoms with Crippen LogP contribution in [0.2, 0.25) is 0 Å². The Balaban J connectivity index is 2.18. The highest BCUT2D eigenvalue weighted by molar-refractivity contribution is 5.75. The minimum Gasteiger partial charge on any atom is -0.370 e. The Labute approximate surface area is 78.9 Å². The van der Waals surface area contributed by atoms with Crippen LogP contribution in [0.25, 0.3) is 0 Å². The maximum Gasteiger partial charge on any atom is 0.218 e. The van der Waals surface area contributed by atoms with Crippen LogP contribution in [0.5, 0.6) is 0 Å². The van der Waals surface area contributed by atoms with Gasteiger partial charge in [0.05, 0.1) is 0 Å². The summed E-state index contributed by atoms with van der Waals surface area (Å²) >= 11 is 0. The van der Waals surface area contributed by atoms with Crippen molar-refractivity contribution in [3.63, 3.8) is 0 Å². The molecule has 0 aliphatic heterocycles. The lowest BCUT2D eigenvalue weighted by atomic mass is 9.72.